The minimum absolute atomic E-state index is 0.403. The summed E-state index contributed by atoms with van der Waals surface area (Å²) in [6.45, 7) is 3.41. The van der Waals surface area contributed by atoms with Crippen LogP contribution >= 0.6 is 21.6 Å². The Balaban J connectivity index is 3.33. The van der Waals surface area contributed by atoms with E-state index < -0.39 is 23.9 Å². The fraction of sp³-hybridized carbons (Fsp3) is 0.600. The van der Waals surface area contributed by atoms with E-state index in [-0.39, 0.29) is 0 Å². The molecule has 0 aliphatic rings. The number of amides is 6. The molecule has 0 aromatic carbocycles. The molecule has 0 saturated heterocycles. The summed E-state index contributed by atoms with van der Waals surface area (Å²) < 4.78 is 0. The summed E-state index contributed by atoms with van der Waals surface area (Å²) in [5.74, 6) is 0.546. The van der Waals surface area contributed by atoms with Crippen molar-refractivity contribution in [2.45, 2.75) is 13.8 Å². The Bertz CT molecular complexity index is 331. The topological polar surface area (TPSA) is 116 Å². The van der Waals surface area contributed by atoms with E-state index in [4.69, 9.17) is 0 Å². The molecule has 0 aromatic rings. The molecule has 0 aliphatic heterocycles. The maximum Gasteiger partial charge on any atom is 0.321 e. The predicted molar refractivity (Wildman–Crippen MR) is 79.3 cm³/mol. The molecule has 0 unspecified atom stereocenters. The van der Waals surface area contributed by atoms with Gasteiger partial charge in [0.15, 0.2) is 0 Å². The average Bonchev–Trinajstić information content (AvgIpc) is 2.30. The molecule has 10 heteroatoms. The first-order chi connectivity index (χ1) is 9.41. The normalized spacial score (nSPS) is 9.50. The van der Waals surface area contributed by atoms with E-state index in [1.165, 1.54) is 35.4 Å². The first-order valence-corrected chi connectivity index (χ1v) is 8.26. The molecule has 0 radical (unpaired) electrons. The molecule has 8 nitrogen and oxygen atoms in total. The average molecular weight is 322 g/mol. The zero-order chi connectivity index (χ0) is 15.4. The standard InChI is InChI=1S/C10H18N4O4S2/c1-7(15)13-9(17)11-3-5-19-20-6-4-12-10(18)14-8(2)16/h3-6H2,1-2H3,(H2,11,13,15,17)(H2,12,14,16,18). The molecule has 4 N–H and O–H groups in total. The van der Waals surface area contributed by atoms with E-state index >= 15 is 0 Å². The van der Waals surface area contributed by atoms with Crippen LogP contribution < -0.4 is 21.3 Å². The molecule has 6 amide bonds. The molecule has 0 aliphatic carbocycles. The van der Waals surface area contributed by atoms with Crippen molar-refractivity contribution in [3.8, 4) is 0 Å². The van der Waals surface area contributed by atoms with Crippen LogP contribution in [0.3, 0.4) is 0 Å². The molecule has 0 atom stereocenters. The van der Waals surface area contributed by atoms with Crippen LogP contribution in [0.5, 0.6) is 0 Å². The highest BCUT2D eigenvalue weighted by Crippen LogP contribution is 2.19. The number of urea groups is 2. The fourth-order valence-electron chi connectivity index (χ4n) is 0.938. The Labute approximate surface area is 125 Å². The second-order valence-electron chi connectivity index (χ2n) is 3.52. The van der Waals surface area contributed by atoms with E-state index in [2.05, 4.69) is 21.3 Å². The minimum atomic E-state index is -0.509. The summed E-state index contributed by atoms with van der Waals surface area (Å²) in [5, 5.41) is 9.23. The van der Waals surface area contributed by atoms with Crippen LogP contribution in [0.4, 0.5) is 9.59 Å². The molecular formula is C10H18N4O4S2. The molecule has 0 spiro atoms. The number of carbonyl (C=O) groups excluding carboxylic acids is 4. The summed E-state index contributed by atoms with van der Waals surface area (Å²) >= 11 is 0. The first-order valence-electron chi connectivity index (χ1n) is 5.77. The van der Waals surface area contributed by atoms with E-state index in [9.17, 15) is 19.2 Å². The van der Waals surface area contributed by atoms with Crippen molar-refractivity contribution in [2.75, 3.05) is 24.6 Å². The van der Waals surface area contributed by atoms with Gasteiger partial charge < -0.3 is 10.6 Å². The minimum Gasteiger partial charge on any atom is -0.337 e. The summed E-state index contributed by atoms with van der Waals surface area (Å²) in [6, 6.07) is -1.02. The van der Waals surface area contributed by atoms with Crippen molar-refractivity contribution in [3.63, 3.8) is 0 Å². The molecule has 114 valence electrons. The van der Waals surface area contributed by atoms with Gasteiger partial charge in [0.25, 0.3) is 0 Å². The highest BCUT2D eigenvalue weighted by Gasteiger charge is 2.02. The Kier molecular flexibility index (Phi) is 10.6. The number of hydrogen-bond acceptors (Lipinski definition) is 6. The third-order valence-electron chi connectivity index (χ3n) is 1.60. The predicted octanol–water partition coefficient (Wildman–Crippen LogP) is 0.0592. The fourth-order valence-corrected chi connectivity index (χ4v) is 2.75. The van der Waals surface area contributed by atoms with E-state index in [0.717, 1.165) is 0 Å². The lowest BCUT2D eigenvalue weighted by atomic mass is 10.7. The monoisotopic (exact) mass is 322 g/mol. The Morgan fingerprint density at radius 1 is 0.750 bits per heavy atom. The van der Waals surface area contributed by atoms with Gasteiger partial charge in [-0.2, -0.15) is 0 Å². The van der Waals surface area contributed by atoms with Crippen LogP contribution in [0.1, 0.15) is 13.8 Å². The maximum atomic E-state index is 11.0. The van der Waals surface area contributed by atoms with Crippen molar-refractivity contribution in [1.29, 1.82) is 0 Å². The van der Waals surface area contributed by atoms with Gasteiger partial charge in [0, 0.05) is 38.4 Å². The van der Waals surface area contributed by atoms with Crippen molar-refractivity contribution in [3.05, 3.63) is 0 Å². The van der Waals surface area contributed by atoms with E-state index in [1.54, 1.807) is 0 Å². The maximum absolute atomic E-state index is 11.0. The molecule has 20 heavy (non-hydrogen) atoms. The van der Waals surface area contributed by atoms with Crippen LogP contribution in [0.25, 0.3) is 0 Å². The largest absolute Gasteiger partial charge is 0.337 e. The van der Waals surface area contributed by atoms with Gasteiger partial charge in [-0.1, -0.05) is 21.6 Å². The van der Waals surface area contributed by atoms with Gasteiger partial charge in [0.1, 0.15) is 0 Å². The Hall–Kier alpha value is -1.42. The number of nitrogens with one attached hydrogen (secondary N) is 4. The van der Waals surface area contributed by atoms with Crippen molar-refractivity contribution < 1.29 is 19.2 Å². The molecular weight excluding hydrogens is 304 g/mol. The highest BCUT2D eigenvalue weighted by atomic mass is 33.1. The lowest BCUT2D eigenvalue weighted by Gasteiger charge is -2.06. The number of imide groups is 2. The van der Waals surface area contributed by atoms with Gasteiger partial charge in [0.05, 0.1) is 0 Å². The van der Waals surface area contributed by atoms with E-state index in [0.29, 0.717) is 24.6 Å². The molecule has 0 bridgehead atoms. The highest BCUT2D eigenvalue weighted by molar-refractivity contribution is 8.76. The van der Waals surface area contributed by atoms with Gasteiger partial charge in [-0.15, -0.1) is 0 Å². The summed E-state index contributed by atoms with van der Waals surface area (Å²) in [5.41, 5.74) is 0. The van der Waals surface area contributed by atoms with Gasteiger partial charge in [-0.25, -0.2) is 9.59 Å². The molecule has 0 heterocycles. The smallest absolute Gasteiger partial charge is 0.321 e. The van der Waals surface area contributed by atoms with Gasteiger partial charge in [-0.05, 0) is 0 Å². The number of rotatable bonds is 7. The van der Waals surface area contributed by atoms with Crippen LogP contribution in [0.15, 0.2) is 0 Å². The van der Waals surface area contributed by atoms with Crippen LogP contribution in [0.2, 0.25) is 0 Å². The molecule has 0 aromatic heterocycles. The summed E-state index contributed by atoms with van der Waals surface area (Å²) in [6.07, 6.45) is 0. The van der Waals surface area contributed by atoms with E-state index in [1.807, 2.05) is 0 Å². The second-order valence-corrected chi connectivity index (χ2v) is 6.22. The summed E-state index contributed by atoms with van der Waals surface area (Å²) in [4.78, 5) is 43.1. The van der Waals surface area contributed by atoms with Crippen molar-refractivity contribution in [1.82, 2.24) is 21.3 Å². The van der Waals surface area contributed by atoms with Crippen LogP contribution in [-0.4, -0.2) is 48.5 Å². The third-order valence-corrected chi connectivity index (χ3v) is 4.01. The van der Waals surface area contributed by atoms with Crippen LogP contribution in [-0.2, 0) is 9.59 Å². The molecule has 0 fully saturated rings. The van der Waals surface area contributed by atoms with Crippen molar-refractivity contribution in [2.24, 2.45) is 0 Å². The second kappa shape index (κ2) is 11.4. The van der Waals surface area contributed by atoms with Gasteiger partial charge in [-0.3, -0.25) is 20.2 Å². The first kappa shape index (κ1) is 18.6. The number of hydrogen-bond donors (Lipinski definition) is 4. The van der Waals surface area contributed by atoms with Gasteiger partial charge >= 0.3 is 12.1 Å². The van der Waals surface area contributed by atoms with Crippen LogP contribution in [0, 0.1) is 0 Å². The zero-order valence-corrected chi connectivity index (χ0v) is 12.9. The third kappa shape index (κ3) is 13.0. The molecule has 0 saturated carbocycles. The quantitative estimate of drug-likeness (QED) is 0.389. The van der Waals surface area contributed by atoms with Crippen molar-refractivity contribution >= 4 is 45.5 Å². The SMILES string of the molecule is CC(=O)NC(=O)NCCSSCCNC(=O)NC(C)=O. The lowest BCUT2D eigenvalue weighted by Crippen LogP contribution is -2.39. The number of carbonyl (C=O) groups is 4. The lowest BCUT2D eigenvalue weighted by molar-refractivity contribution is -0.118. The Morgan fingerprint density at radius 2 is 1.10 bits per heavy atom. The molecule has 0 rings (SSSR count). The summed E-state index contributed by atoms with van der Waals surface area (Å²) in [7, 11) is 3.06. The zero-order valence-electron chi connectivity index (χ0n) is 11.3. The van der Waals surface area contributed by atoms with Gasteiger partial charge in [0.2, 0.25) is 11.8 Å². The Morgan fingerprint density at radius 3 is 1.40 bits per heavy atom.